The van der Waals surface area contributed by atoms with E-state index >= 15 is 0 Å². The lowest BCUT2D eigenvalue weighted by Gasteiger charge is -2.12. The molecular weight excluding hydrogens is 560 g/mol. The molecule has 8 aromatic rings. The summed E-state index contributed by atoms with van der Waals surface area (Å²) in [5.74, 6) is 0.706. The number of hydrogen-bond donors (Lipinski definition) is 0. The molecule has 5 aromatic carbocycles. The molecule has 4 heteroatoms. The van der Waals surface area contributed by atoms with Crippen LogP contribution in [-0.4, -0.2) is 19.9 Å². The second-order valence-electron chi connectivity index (χ2n) is 11.4. The summed E-state index contributed by atoms with van der Waals surface area (Å²) in [6, 6.07) is 52.1. The van der Waals surface area contributed by atoms with Crippen molar-refractivity contribution in [3.05, 3.63) is 157 Å². The Bertz CT molecular complexity index is 2260. The Morgan fingerprint density at radius 2 is 0.870 bits per heavy atom. The van der Waals surface area contributed by atoms with Gasteiger partial charge in [-0.25, -0.2) is 19.9 Å². The van der Waals surface area contributed by atoms with Crippen LogP contribution in [0.2, 0.25) is 0 Å². The van der Waals surface area contributed by atoms with E-state index in [1.807, 2.05) is 54.6 Å². The van der Waals surface area contributed by atoms with Crippen LogP contribution in [0.25, 0.3) is 78.2 Å². The SMILES string of the molecule is CCc1cc(-c2ccccc2)nc2c1ccc1ccc(-c3ccc(-c4cc(-c5ccccc5)nc(-c5ccccc5)n4)cc3)nc12. The number of fused-ring (bicyclic) bond motifs is 3. The summed E-state index contributed by atoms with van der Waals surface area (Å²) in [6.45, 7) is 2.20. The molecule has 218 valence electrons. The first-order valence-corrected chi connectivity index (χ1v) is 15.6. The number of benzene rings is 5. The summed E-state index contributed by atoms with van der Waals surface area (Å²) in [6.07, 6.45) is 0.923. The van der Waals surface area contributed by atoms with Crippen LogP contribution < -0.4 is 0 Å². The van der Waals surface area contributed by atoms with Gasteiger partial charge >= 0.3 is 0 Å². The summed E-state index contributed by atoms with van der Waals surface area (Å²) in [5, 5.41) is 2.23. The van der Waals surface area contributed by atoms with Crippen LogP contribution in [0.15, 0.2) is 152 Å². The molecule has 0 amide bonds. The number of aromatic nitrogens is 4. The van der Waals surface area contributed by atoms with E-state index in [1.165, 1.54) is 5.56 Å². The maximum Gasteiger partial charge on any atom is 0.160 e. The van der Waals surface area contributed by atoms with E-state index in [0.29, 0.717) is 5.82 Å². The standard InChI is InChI=1S/C42H30N4/c1-2-28-26-37(29-12-6-3-7-13-29)44-41-35(28)24-22-33-23-25-36(43-40(33)41)31-18-20-32(21-19-31)39-27-38(30-14-8-4-9-15-30)45-42(46-39)34-16-10-5-11-17-34/h3-27H,2H2,1H3. The van der Waals surface area contributed by atoms with Gasteiger partial charge in [-0.2, -0.15) is 0 Å². The Kier molecular flexibility index (Phi) is 7.08. The maximum absolute atomic E-state index is 5.21. The molecule has 0 bridgehead atoms. The lowest BCUT2D eigenvalue weighted by molar-refractivity contribution is 1.15. The number of rotatable bonds is 6. The van der Waals surface area contributed by atoms with Crippen LogP contribution in [0.1, 0.15) is 12.5 Å². The van der Waals surface area contributed by atoms with Crippen LogP contribution in [0, 0.1) is 0 Å². The van der Waals surface area contributed by atoms with Crippen molar-refractivity contribution in [2.24, 2.45) is 0 Å². The third kappa shape index (κ3) is 5.20. The van der Waals surface area contributed by atoms with E-state index in [1.54, 1.807) is 0 Å². The molecular formula is C42H30N4. The van der Waals surface area contributed by atoms with Gasteiger partial charge in [-0.15, -0.1) is 0 Å². The summed E-state index contributed by atoms with van der Waals surface area (Å²) >= 11 is 0. The number of pyridine rings is 2. The maximum atomic E-state index is 5.21. The van der Waals surface area contributed by atoms with Crippen molar-refractivity contribution in [3.8, 4) is 56.4 Å². The van der Waals surface area contributed by atoms with E-state index in [0.717, 1.165) is 78.8 Å². The summed E-state index contributed by atoms with van der Waals surface area (Å²) < 4.78 is 0. The third-order valence-electron chi connectivity index (χ3n) is 8.48. The molecule has 0 spiro atoms. The molecule has 0 N–H and O–H groups in total. The molecule has 0 aliphatic heterocycles. The minimum atomic E-state index is 0.706. The van der Waals surface area contributed by atoms with Gasteiger partial charge in [0.25, 0.3) is 0 Å². The van der Waals surface area contributed by atoms with Crippen molar-refractivity contribution in [1.29, 1.82) is 0 Å². The predicted octanol–water partition coefficient (Wildman–Crippen LogP) is 10.5. The van der Waals surface area contributed by atoms with Crippen LogP contribution >= 0.6 is 0 Å². The van der Waals surface area contributed by atoms with Gasteiger partial charge < -0.3 is 0 Å². The van der Waals surface area contributed by atoms with Gasteiger partial charge in [0.15, 0.2) is 5.82 Å². The summed E-state index contributed by atoms with van der Waals surface area (Å²) in [7, 11) is 0. The van der Waals surface area contributed by atoms with Crippen molar-refractivity contribution >= 4 is 21.8 Å². The highest BCUT2D eigenvalue weighted by Crippen LogP contribution is 2.33. The molecule has 4 nitrogen and oxygen atoms in total. The van der Waals surface area contributed by atoms with E-state index in [-0.39, 0.29) is 0 Å². The largest absolute Gasteiger partial charge is 0.245 e. The lowest BCUT2D eigenvalue weighted by atomic mass is 10.00. The molecule has 0 fully saturated rings. The molecule has 0 unspecified atom stereocenters. The van der Waals surface area contributed by atoms with E-state index in [4.69, 9.17) is 19.9 Å². The normalized spacial score (nSPS) is 11.2. The molecule has 0 radical (unpaired) electrons. The molecule has 0 aliphatic carbocycles. The fourth-order valence-electron chi connectivity index (χ4n) is 6.03. The average Bonchev–Trinajstić information content (AvgIpc) is 3.15. The first-order valence-electron chi connectivity index (χ1n) is 15.6. The van der Waals surface area contributed by atoms with Crippen molar-refractivity contribution in [2.45, 2.75) is 13.3 Å². The second kappa shape index (κ2) is 11.8. The van der Waals surface area contributed by atoms with E-state index < -0.39 is 0 Å². The highest BCUT2D eigenvalue weighted by atomic mass is 14.9. The van der Waals surface area contributed by atoms with Gasteiger partial charge in [0.05, 0.1) is 33.8 Å². The zero-order valence-electron chi connectivity index (χ0n) is 25.4. The first-order chi connectivity index (χ1) is 22.7. The van der Waals surface area contributed by atoms with Crippen molar-refractivity contribution in [3.63, 3.8) is 0 Å². The number of nitrogens with zero attached hydrogens (tertiary/aromatic N) is 4. The van der Waals surface area contributed by atoms with Crippen LogP contribution in [0.5, 0.6) is 0 Å². The van der Waals surface area contributed by atoms with Crippen LogP contribution in [0.4, 0.5) is 0 Å². The first kappa shape index (κ1) is 27.5. The molecule has 0 aliphatic rings. The average molecular weight is 591 g/mol. The van der Waals surface area contributed by atoms with Crippen molar-refractivity contribution < 1.29 is 0 Å². The monoisotopic (exact) mass is 590 g/mol. The van der Waals surface area contributed by atoms with Gasteiger partial charge in [0, 0.05) is 38.6 Å². The Hall–Kier alpha value is -6.00. The summed E-state index contributed by atoms with van der Waals surface area (Å²) in [5.41, 5.74) is 12.0. The molecule has 0 saturated carbocycles. The fourth-order valence-corrected chi connectivity index (χ4v) is 6.03. The fraction of sp³-hybridized carbons (Fsp3) is 0.0476. The molecule has 0 atom stereocenters. The molecule has 0 saturated heterocycles. The molecule has 3 heterocycles. The number of hydrogen-bond acceptors (Lipinski definition) is 4. The van der Waals surface area contributed by atoms with Crippen LogP contribution in [0.3, 0.4) is 0 Å². The predicted molar refractivity (Wildman–Crippen MR) is 189 cm³/mol. The zero-order valence-corrected chi connectivity index (χ0v) is 25.4. The van der Waals surface area contributed by atoms with E-state index in [2.05, 4.69) is 104 Å². The van der Waals surface area contributed by atoms with Gasteiger partial charge in [-0.05, 0) is 30.2 Å². The molecule has 8 rings (SSSR count). The van der Waals surface area contributed by atoms with Crippen LogP contribution in [-0.2, 0) is 6.42 Å². The smallest absolute Gasteiger partial charge is 0.160 e. The Labute approximate surface area is 268 Å². The Morgan fingerprint density at radius 1 is 0.391 bits per heavy atom. The third-order valence-corrected chi connectivity index (χ3v) is 8.48. The van der Waals surface area contributed by atoms with Gasteiger partial charge in [0.2, 0.25) is 0 Å². The second-order valence-corrected chi connectivity index (χ2v) is 11.4. The quantitative estimate of drug-likeness (QED) is 0.181. The van der Waals surface area contributed by atoms with Gasteiger partial charge in [-0.3, -0.25) is 0 Å². The summed E-state index contributed by atoms with van der Waals surface area (Å²) in [4.78, 5) is 20.3. The highest BCUT2D eigenvalue weighted by Gasteiger charge is 2.14. The number of aryl methyl sites for hydroxylation is 1. The lowest BCUT2D eigenvalue weighted by Crippen LogP contribution is -1.96. The van der Waals surface area contributed by atoms with Crippen molar-refractivity contribution in [1.82, 2.24) is 19.9 Å². The van der Waals surface area contributed by atoms with Gasteiger partial charge in [-0.1, -0.05) is 140 Å². The van der Waals surface area contributed by atoms with Gasteiger partial charge in [0.1, 0.15) is 0 Å². The Morgan fingerprint density at radius 3 is 1.46 bits per heavy atom. The highest BCUT2D eigenvalue weighted by molar-refractivity contribution is 6.05. The van der Waals surface area contributed by atoms with Crippen molar-refractivity contribution in [2.75, 3.05) is 0 Å². The molecule has 3 aromatic heterocycles. The topological polar surface area (TPSA) is 51.6 Å². The van der Waals surface area contributed by atoms with E-state index in [9.17, 15) is 0 Å². The molecule has 46 heavy (non-hydrogen) atoms. The Balaban J connectivity index is 1.21. The zero-order chi connectivity index (χ0) is 30.9. The minimum Gasteiger partial charge on any atom is -0.245 e. The minimum absolute atomic E-state index is 0.706.